The van der Waals surface area contributed by atoms with Crippen molar-refractivity contribution in [2.45, 2.75) is 76.9 Å². The Labute approximate surface area is 128 Å². The third-order valence-corrected chi connectivity index (χ3v) is 5.34. The van der Waals surface area contributed by atoms with E-state index in [1.807, 2.05) is 0 Å². The molecule has 1 saturated carbocycles. The number of aliphatic hydroxyl groups is 1. The zero-order valence-electron chi connectivity index (χ0n) is 13.8. The highest BCUT2D eigenvalue weighted by Crippen LogP contribution is 2.48. The van der Waals surface area contributed by atoms with Gasteiger partial charge in [0.05, 0.1) is 5.60 Å². The average Bonchev–Trinajstić information content (AvgIpc) is 2.90. The van der Waals surface area contributed by atoms with Crippen molar-refractivity contribution in [1.29, 1.82) is 0 Å². The molecule has 1 fully saturated rings. The van der Waals surface area contributed by atoms with Crippen LogP contribution >= 0.6 is 0 Å². The van der Waals surface area contributed by atoms with Gasteiger partial charge < -0.3 is 9.84 Å². The highest BCUT2D eigenvalue weighted by molar-refractivity contribution is 5.45. The fraction of sp³-hybridized carbons (Fsp3) is 0.684. The SMILES string of the molecule is CC(C)[C@@]1(O)CC(C)(C)Oc2cc(C3CCCC3)ccc21. The Bertz CT molecular complexity index is 526. The molecule has 0 amide bonds. The summed E-state index contributed by atoms with van der Waals surface area (Å²) in [6.07, 6.45) is 5.90. The second-order valence-corrected chi connectivity index (χ2v) is 7.85. The van der Waals surface area contributed by atoms with Crippen molar-refractivity contribution < 1.29 is 9.84 Å². The minimum atomic E-state index is -0.786. The molecule has 0 spiro atoms. The van der Waals surface area contributed by atoms with E-state index in [1.54, 1.807) is 0 Å². The third-order valence-electron chi connectivity index (χ3n) is 5.34. The van der Waals surface area contributed by atoms with Crippen LogP contribution in [0.5, 0.6) is 5.75 Å². The highest BCUT2D eigenvalue weighted by atomic mass is 16.5. The molecule has 0 saturated heterocycles. The number of hydrogen-bond donors (Lipinski definition) is 1. The number of hydrogen-bond acceptors (Lipinski definition) is 2. The summed E-state index contributed by atoms with van der Waals surface area (Å²) in [6.45, 7) is 8.34. The molecule has 0 aromatic heterocycles. The second-order valence-electron chi connectivity index (χ2n) is 7.85. The lowest BCUT2D eigenvalue weighted by atomic mass is 9.73. The van der Waals surface area contributed by atoms with Gasteiger partial charge in [-0.1, -0.05) is 38.8 Å². The summed E-state index contributed by atoms with van der Waals surface area (Å²) >= 11 is 0. The van der Waals surface area contributed by atoms with Gasteiger partial charge in [-0.3, -0.25) is 0 Å². The van der Waals surface area contributed by atoms with Crippen LogP contribution in [0, 0.1) is 5.92 Å². The van der Waals surface area contributed by atoms with Crippen LogP contribution in [0.1, 0.15) is 76.8 Å². The molecule has 1 aromatic rings. The zero-order chi connectivity index (χ0) is 15.3. The van der Waals surface area contributed by atoms with Crippen LogP contribution in [0.4, 0.5) is 0 Å². The van der Waals surface area contributed by atoms with Gasteiger partial charge in [-0.05, 0) is 50.2 Å². The minimum absolute atomic E-state index is 0.178. The van der Waals surface area contributed by atoms with Crippen LogP contribution < -0.4 is 4.74 Å². The van der Waals surface area contributed by atoms with Crippen LogP contribution in [-0.2, 0) is 5.60 Å². The van der Waals surface area contributed by atoms with Crippen LogP contribution in [-0.4, -0.2) is 10.7 Å². The van der Waals surface area contributed by atoms with E-state index in [2.05, 4.69) is 45.9 Å². The number of ether oxygens (including phenoxy) is 1. The van der Waals surface area contributed by atoms with Gasteiger partial charge in [0, 0.05) is 12.0 Å². The molecule has 1 aliphatic carbocycles. The van der Waals surface area contributed by atoms with E-state index in [4.69, 9.17) is 4.74 Å². The summed E-state index contributed by atoms with van der Waals surface area (Å²) in [4.78, 5) is 0. The Kier molecular flexibility index (Phi) is 3.56. The van der Waals surface area contributed by atoms with Crippen LogP contribution in [0.2, 0.25) is 0 Å². The second kappa shape index (κ2) is 5.01. The van der Waals surface area contributed by atoms with E-state index in [9.17, 15) is 5.11 Å². The van der Waals surface area contributed by atoms with E-state index in [0.29, 0.717) is 12.3 Å². The Hall–Kier alpha value is -1.02. The lowest BCUT2D eigenvalue weighted by Gasteiger charge is -2.45. The molecule has 1 N–H and O–H groups in total. The molecule has 0 radical (unpaired) electrons. The van der Waals surface area contributed by atoms with Gasteiger partial charge in [-0.2, -0.15) is 0 Å². The monoisotopic (exact) mass is 288 g/mol. The maximum Gasteiger partial charge on any atom is 0.126 e. The fourth-order valence-corrected chi connectivity index (χ4v) is 4.09. The van der Waals surface area contributed by atoms with Crippen molar-refractivity contribution in [3.05, 3.63) is 29.3 Å². The predicted molar refractivity (Wildman–Crippen MR) is 85.7 cm³/mol. The summed E-state index contributed by atoms with van der Waals surface area (Å²) in [6, 6.07) is 6.52. The molecule has 116 valence electrons. The molecule has 21 heavy (non-hydrogen) atoms. The smallest absolute Gasteiger partial charge is 0.126 e. The largest absolute Gasteiger partial charge is 0.487 e. The average molecular weight is 288 g/mol. The number of rotatable bonds is 2. The first-order valence-electron chi connectivity index (χ1n) is 8.38. The summed E-state index contributed by atoms with van der Waals surface area (Å²) in [5, 5.41) is 11.2. The zero-order valence-corrected chi connectivity index (χ0v) is 13.8. The van der Waals surface area contributed by atoms with Crippen LogP contribution in [0.3, 0.4) is 0 Å². The van der Waals surface area contributed by atoms with Crippen LogP contribution in [0.25, 0.3) is 0 Å². The normalized spacial score (nSPS) is 28.5. The fourth-order valence-electron chi connectivity index (χ4n) is 4.09. The Morgan fingerprint density at radius 3 is 2.48 bits per heavy atom. The van der Waals surface area contributed by atoms with Crippen molar-refractivity contribution in [3.63, 3.8) is 0 Å². The van der Waals surface area contributed by atoms with Gasteiger partial charge in [0.1, 0.15) is 11.4 Å². The highest BCUT2D eigenvalue weighted by Gasteiger charge is 2.46. The molecule has 0 bridgehead atoms. The molecule has 1 aliphatic heterocycles. The molecular formula is C19H28O2. The molecule has 1 aromatic carbocycles. The summed E-state index contributed by atoms with van der Waals surface area (Å²) in [7, 11) is 0. The van der Waals surface area contributed by atoms with E-state index < -0.39 is 5.60 Å². The first-order chi connectivity index (χ1) is 9.82. The lowest BCUT2D eigenvalue weighted by Crippen LogP contribution is -2.47. The Morgan fingerprint density at radius 1 is 1.19 bits per heavy atom. The molecular weight excluding hydrogens is 260 g/mol. The lowest BCUT2D eigenvalue weighted by molar-refractivity contribution is -0.0923. The van der Waals surface area contributed by atoms with E-state index >= 15 is 0 Å². The van der Waals surface area contributed by atoms with E-state index in [-0.39, 0.29) is 11.5 Å². The Morgan fingerprint density at radius 2 is 1.86 bits per heavy atom. The third kappa shape index (κ3) is 2.59. The first-order valence-corrected chi connectivity index (χ1v) is 8.38. The van der Waals surface area contributed by atoms with Crippen molar-refractivity contribution in [2.75, 3.05) is 0 Å². The quantitative estimate of drug-likeness (QED) is 0.851. The maximum atomic E-state index is 11.2. The predicted octanol–water partition coefficient (Wildman–Crippen LogP) is 4.75. The molecule has 2 heteroatoms. The topological polar surface area (TPSA) is 29.5 Å². The number of benzene rings is 1. The summed E-state index contributed by atoms with van der Waals surface area (Å²) < 4.78 is 6.21. The van der Waals surface area contributed by atoms with Gasteiger partial charge in [0.25, 0.3) is 0 Å². The molecule has 0 unspecified atom stereocenters. The minimum Gasteiger partial charge on any atom is -0.487 e. The van der Waals surface area contributed by atoms with Crippen molar-refractivity contribution >= 4 is 0 Å². The molecule has 2 nitrogen and oxygen atoms in total. The van der Waals surface area contributed by atoms with Gasteiger partial charge in [-0.15, -0.1) is 0 Å². The summed E-state index contributed by atoms with van der Waals surface area (Å²) in [5.74, 6) is 1.75. The first kappa shape index (κ1) is 14.9. The standard InChI is InChI=1S/C19H28O2/c1-13(2)19(20)12-18(3,4)21-17-11-15(9-10-16(17)19)14-7-5-6-8-14/h9-11,13-14,20H,5-8,12H2,1-4H3/t19-/m0/s1. The maximum absolute atomic E-state index is 11.2. The summed E-state index contributed by atoms with van der Waals surface area (Å²) in [5.41, 5.74) is 1.25. The van der Waals surface area contributed by atoms with Crippen molar-refractivity contribution in [2.24, 2.45) is 5.92 Å². The Balaban J connectivity index is 2.03. The van der Waals surface area contributed by atoms with Crippen molar-refractivity contribution in [1.82, 2.24) is 0 Å². The van der Waals surface area contributed by atoms with E-state index in [1.165, 1.54) is 31.2 Å². The van der Waals surface area contributed by atoms with E-state index in [0.717, 1.165) is 11.3 Å². The molecule has 3 rings (SSSR count). The van der Waals surface area contributed by atoms with Gasteiger partial charge in [0.15, 0.2) is 0 Å². The van der Waals surface area contributed by atoms with Gasteiger partial charge >= 0.3 is 0 Å². The van der Waals surface area contributed by atoms with Gasteiger partial charge in [0.2, 0.25) is 0 Å². The molecule has 2 aliphatic rings. The van der Waals surface area contributed by atoms with Gasteiger partial charge in [-0.25, -0.2) is 0 Å². The molecule has 1 atom stereocenters. The van der Waals surface area contributed by atoms with Crippen LogP contribution in [0.15, 0.2) is 18.2 Å². The van der Waals surface area contributed by atoms with Crippen molar-refractivity contribution in [3.8, 4) is 5.75 Å². The molecule has 1 heterocycles. The number of fused-ring (bicyclic) bond motifs is 1.